The van der Waals surface area contributed by atoms with Gasteiger partial charge in [0, 0.05) is 44.3 Å². The number of imidazole rings is 1. The molecule has 0 spiro atoms. The van der Waals surface area contributed by atoms with Crippen LogP contribution in [0.15, 0.2) is 66.7 Å². The monoisotopic (exact) mass is 557 g/mol. The van der Waals surface area contributed by atoms with Crippen molar-refractivity contribution in [3.63, 3.8) is 0 Å². The van der Waals surface area contributed by atoms with Crippen molar-refractivity contribution in [2.75, 3.05) is 33.4 Å². The summed E-state index contributed by atoms with van der Waals surface area (Å²) >= 11 is 0. The number of ether oxygens (including phenoxy) is 3. The molecule has 2 aliphatic rings. The number of likely N-dealkylation sites (tertiary alicyclic amines) is 1. The minimum atomic E-state index is -0.306. The van der Waals surface area contributed by atoms with E-state index in [9.17, 15) is 9.18 Å². The molecule has 4 aromatic rings. The number of para-hydroxylation sites is 2. The number of piperidine rings is 1. The van der Waals surface area contributed by atoms with Crippen molar-refractivity contribution in [3.8, 4) is 11.5 Å². The van der Waals surface area contributed by atoms with Gasteiger partial charge in [-0.25, -0.2) is 9.37 Å². The zero-order valence-electron chi connectivity index (χ0n) is 23.4. The number of hydrogen-bond acceptors (Lipinski definition) is 5. The van der Waals surface area contributed by atoms with Gasteiger partial charge in [0.25, 0.3) is 5.91 Å². The molecule has 7 nitrogen and oxygen atoms in total. The van der Waals surface area contributed by atoms with E-state index in [1.54, 1.807) is 37.4 Å². The number of fused-ring (bicyclic) bond motifs is 1. The number of hydrogen-bond donors (Lipinski definition) is 0. The first-order valence-corrected chi connectivity index (χ1v) is 14.5. The molecule has 0 aliphatic carbocycles. The predicted octanol–water partition coefficient (Wildman–Crippen LogP) is 6.21. The number of benzene rings is 3. The standard InChI is InChI=1S/C33H36FN3O4/c1-39-31-20-26(9-10-30(31)41-22-24-5-4-6-27(34)19-24)33(38)36-15-11-25(12-16-36)32-35-28-7-2-3-8-29(28)37(32)21-23-13-17-40-18-14-23/h2-10,19-20,23,25H,11-18,21-22H2,1H3. The maximum absolute atomic E-state index is 13.5. The highest BCUT2D eigenvalue weighted by molar-refractivity contribution is 5.95. The van der Waals surface area contributed by atoms with Gasteiger partial charge in [0.2, 0.25) is 0 Å². The Kier molecular flexibility index (Phi) is 8.19. The number of nitrogens with zero attached hydrogens (tertiary/aromatic N) is 3. The fourth-order valence-corrected chi connectivity index (χ4v) is 6.02. The number of aromatic nitrogens is 2. The molecular weight excluding hydrogens is 521 g/mol. The van der Waals surface area contributed by atoms with Gasteiger partial charge in [0.15, 0.2) is 11.5 Å². The molecule has 0 bridgehead atoms. The fourth-order valence-electron chi connectivity index (χ4n) is 6.02. The van der Waals surface area contributed by atoms with Crippen LogP contribution in [0.2, 0.25) is 0 Å². The second-order valence-electron chi connectivity index (χ2n) is 11.0. The maximum Gasteiger partial charge on any atom is 0.253 e. The number of halogens is 1. The van der Waals surface area contributed by atoms with E-state index in [2.05, 4.69) is 22.8 Å². The zero-order valence-corrected chi connectivity index (χ0v) is 23.4. The van der Waals surface area contributed by atoms with Crippen LogP contribution in [0.3, 0.4) is 0 Å². The summed E-state index contributed by atoms with van der Waals surface area (Å²) in [5, 5.41) is 0. The Morgan fingerprint density at radius 1 is 0.976 bits per heavy atom. The Bertz CT molecular complexity index is 1510. The molecule has 1 amide bonds. The van der Waals surface area contributed by atoms with Crippen LogP contribution in [0.1, 0.15) is 53.3 Å². The Morgan fingerprint density at radius 2 is 1.78 bits per heavy atom. The summed E-state index contributed by atoms with van der Waals surface area (Å²) in [6.07, 6.45) is 3.90. The number of rotatable bonds is 8. The number of methoxy groups -OCH3 is 1. The summed E-state index contributed by atoms with van der Waals surface area (Å²) in [5.41, 5.74) is 3.51. The van der Waals surface area contributed by atoms with Crippen LogP contribution < -0.4 is 9.47 Å². The van der Waals surface area contributed by atoms with Gasteiger partial charge in [0.05, 0.1) is 18.1 Å². The smallest absolute Gasteiger partial charge is 0.253 e. The first kappa shape index (κ1) is 27.3. The van der Waals surface area contributed by atoms with Gasteiger partial charge in [-0.15, -0.1) is 0 Å². The van der Waals surface area contributed by atoms with E-state index in [0.29, 0.717) is 42.0 Å². The molecule has 1 aromatic heterocycles. The number of carbonyl (C=O) groups excluding carboxylic acids is 1. The Morgan fingerprint density at radius 3 is 2.56 bits per heavy atom. The first-order chi connectivity index (χ1) is 20.1. The third-order valence-electron chi connectivity index (χ3n) is 8.31. The van der Waals surface area contributed by atoms with Crippen LogP contribution in [-0.2, 0) is 17.9 Å². The van der Waals surface area contributed by atoms with Crippen molar-refractivity contribution in [2.45, 2.75) is 44.8 Å². The molecule has 0 saturated carbocycles. The van der Waals surface area contributed by atoms with Crippen LogP contribution in [0.25, 0.3) is 11.0 Å². The minimum absolute atomic E-state index is 0.0193. The van der Waals surface area contributed by atoms with E-state index in [1.165, 1.54) is 17.6 Å². The van der Waals surface area contributed by atoms with Gasteiger partial charge in [-0.3, -0.25) is 4.79 Å². The average Bonchev–Trinajstić information content (AvgIpc) is 3.38. The molecule has 0 radical (unpaired) electrons. The lowest BCUT2D eigenvalue weighted by atomic mass is 9.94. The van der Waals surface area contributed by atoms with E-state index >= 15 is 0 Å². The van der Waals surface area contributed by atoms with E-state index in [4.69, 9.17) is 19.2 Å². The van der Waals surface area contributed by atoms with Gasteiger partial charge < -0.3 is 23.7 Å². The highest BCUT2D eigenvalue weighted by atomic mass is 19.1. The molecule has 214 valence electrons. The van der Waals surface area contributed by atoms with Crippen molar-refractivity contribution in [1.82, 2.24) is 14.5 Å². The SMILES string of the molecule is COc1cc(C(=O)N2CCC(c3nc4ccccc4n3CC3CCOCC3)CC2)ccc1OCc1cccc(F)c1. The van der Waals surface area contributed by atoms with Crippen LogP contribution in [0.4, 0.5) is 4.39 Å². The molecule has 3 aromatic carbocycles. The molecule has 0 atom stereocenters. The molecule has 0 N–H and O–H groups in total. The molecule has 41 heavy (non-hydrogen) atoms. The Hall–Kier alpha value is -3.91. The van der Waals surface area contributed by atoms with E-state index in [1.807, 2.05) is 11.0 Å². The first-order valence-electron chi connectivity index (χ1n) is 14.5. The lowest BCUT2D eigenvalue weighted by Gasteiger charge is -2.32. The topological polar surface area (TPSA) is 65.8 Å². The Labute approximate surface area is 239 Å². The quantitative estimate of drug-likeness (QED) is 0.258. The lowest BCUT2D eigenvalue weighted by Crippen LogP contribution is -2.38. The molecule has 8 heteroatoms. The average molecular weight is 558 g/mol. The predicted molar refractivity (Wildman–Crippen MR) is 155 cm³/mol. The fraction of sp³-hybridized carbons (Fsp3) is 0.394. The largest absolute Gasteiger partial charge is 0.493 e. The minimum Gasteiger partial charge on any atom is -0.493 e. The van der Waals surface area contributed by atoms with Gasteiger partial charge in [-0.2, -0.15) is 0 Å². The van der Waals surface area contributed by atoms with Crippen molar-refractivity contribution >= 4 is 16.9 Å². The van der Waals surface area contributed by atoms with Gasteiger partial charge in [-0.05, 0) is 79.6 Å². The van der Waals surface area contributed by atoms with Crippen molar-refractivity contribution in [2.24, 2.45) is 5.92 Å². The molecule has 2 saturated heterocycles. The molecule has 3 heterocycles. The zero-order chi connectivity index (χ0) is 28.2. The number of amides is 1. The summed E-state index contributed by atoms with van der Waals surface area (Å²) < 4.78 is 32.9. The molecule has 2 aliphatic heterocycles. The summed E-state index contributed by atoms with van der Waals surface area (Å²) in [5.74, 6) is 2.70. The molecular formula is C33H36FN3O4. The highest BCUT2D eigenvalue weighted by Crippen LogP contribution is 2.34. The lowest BCUT2D eigenvalue weighted by molar-refractivity contribution is 0.0610. The van der Waals surface area contributed by atoms with Crippen LogP contribution in [-0.4, -0.2) is 53.8 Å². The van der Waals surface area contributed by atoms with Crippen molar-refractivity contribution < 1.29 is 23.4 Å². The van der Waals surface area contributed by atoms with E-state index < -0.39 is 0 Å². The molecule has 0 unspecified atom stereocenters. The van der Waals surface area contributed by atoms with E-state index in [0.717, 1.165) is 62.3 Å². The van der Waals surface area contributed by atoms with Crippen LogP contribution in [0.5, 0.6) is 11.5 Å². The second kappa shape index (κ2) is 12.3. The molecule has 2 fully saturated rings. The number of carbonyl (C=O) groups is 1. The van der Waals surface area contributed by atoms with Gasteiger partial charge >= 0.3 is 0 Å². The third-order valence-corrected chi connectivity index (χ3v) is 8.31. The summed E-state index contributed by atoms with van der Waals surface area (Å²) in [6, 6.07) is 19.9. The van der Waals surface area contributed by atoms with Crippen molar-refractivity contribution in [1.29, 1.82) is 0 Å². The molecule has 6 rings (SSSR count). The van der Waals surface area contributed by atoms with Gasteiger partial charge in [0.1, 0.15) is 18.2 Å². The normalized spacial score (nSPS) is 16.7. The third kappa shape index (κ3) is 6.07. The van der Waals surface area contributed by atoms with Crippen LogP contribution in [0, 0.1) is 11.7 Å². The summed E-state index contributed by atoms with van der Waals surface area (Å²) in [4.78, 5) is 20.5. The second-order valence-corrected chi connectivity index (χ2v) is 11.0. The van der Waals surface area contributed by atoms with Crippen molar-refractivity contribution in [3.05, 3.63) is 89.5 Å². The van der Waals surface area contributed by atoms with Crippen LogP contribution >= 0.6 is 0 Å². The summed E-state index contributed by atoms with van der Waals surface area (Å²) in [6.45, 7) is 4.17. The Balaban J connectivity index is 1.12. The maximum atomic E-state index is 13.5. The summed E-state index contributed by atoms with van der Waals surface area (Å²) in [7, 11) is 1.55. The van der Waals surface area contributed by atoms with Gasteiger partial charge in [-0.1, -0.05) is 24.3 Å². The van der Waals surface area contributed by atoms with E-state index in [-0.39, 0.29) is 18.3 Å². The highest BCUT2D eigenvalue weighted by Gasteiger charge is 2.29.